The molecular formula is C19H23NO4. The highest BCUT2D eigenvalue weighted by Gasteiger charge is 2.16. The molecule has 0 saturated heterocycles. The minimum atomic E-state index is -0.221. The molecule has 0 aliphatic carbocycles. The lowest BCUT2D eigenvalue weighted by atomic mass is 10.1. The number of hydrogen-bond acceptors (Lipinski definition) is 4. The summed E-state index contributed by atoms with van der Waals surface area (Å²) in [5.41, 5.74) is 2.49. The van der Waals surface area contributed by atoms with Crippen molar-refractivity contribution in [2.45, 2.75) is 19.6 Å². The molecule has 2 rings (SSSR count). The second-order valence-corrected chi connectivity index (χ2v) is 5.43. The highest BCUT2D eigenvalue weighted by Crippen LogP contribution is 2.29. The van der Waals surface area contributed by atoms with Gasteiger partial charge in [-0.3, -0.25) is 4.79 Å². The first-order valence-electron chi connectivity index (χ1n) is 7.69. The molecule has 24 heavy (non-hydrogen) atoms. The highest BCUT2D eigenvalue weighted by molar-refractivity contribution is 5.94. The second kappa shape index (κ2) is 8.36. The molecule has 1 amide bonds. The summed E-state index contributed by atoms with van der Waals surface area (Å²) in [6.07, 6.45) is 0. The fourth-order valence-corrected chi connectivity index (χ4v) is 2.45. The third kappa shape index (κ3) is 4.26. The Labute approximate surface area is 142 Å². The zero-order chi connectivity index (χ0) is 17.5. The van der Waals surface area contributed by atoms with Gasteiger partial charge in [0.25, 0.3) is 5.91 Å². The van der Waals surface area contributed by atoms with Gasteiger partial charge < -0.3 is 19.5 Å². The molecule has 0 saturated carbocycles. The number of benzene rings is 2. The highest BCUT2D eigenvalue weighted by atomic mass is 16.5. The molecule has 128 valence electrons. The summed E-state index contributed by atoms with van der Waals surface area (Å²) in [6.45, 7) is 2.44. The van der Waals surface area contributed by atoms with Gasteiger partial charge in [-0.05, 0) is 42.8 Å². The van der Waals surface area contributed by atoms with E-state index in [0.717, 1.165) is 16.9 Å². The van der Waals surface area contributed by atoms with Crippen molar-refractivity contribution in [2.75, 3.05) is 21.3 Å². The Balaban J connectivity index is 2.13. The third-order valence-electron chi connectivity index (χ3n) is 3.78. The van der Waals surface area contributed by atoms with Crippen LogP contribution in [-0.2, 0) is 11.3 Å². The van der Waals surface area contributed by atoms with Crippen LogP contribution >= 0.6 is 0 Å². The first-order chi connectivity index (χ1) is 11.6. The molecule has 0 fully saturated rings. The Morgan fingerprint density at radius 3 is 2.33 bits per heavy atom. The van der Waals surface area contributed by atoms with Gasteiger partial charge in [0.15, 0.2) is 0 Å². The van der Waals surface area contributed by atoms with Crippen molar-refractivity contribution in [3.8, 4) is 11.5 Å². The number of carbonyl (C=O) groups is 1. The number of hydrogen-bond donors (Lipinski definition) is 1. The number of carbonyl (C=O) groups excluding carboxylic acids is 1. The zero-order valence-electron chi connectivity index (χ0n) is 14.5. The van der Waals surface area contributed by atoms with Crippen LogP contribution in [0, 0.1) is 0 Å². The predicted molar refractivity (Wildman–Crippen MR) is 92.6 cm³/mol. The van der Waals surface area contributed by atoms with Crippen LogP contribution < -0.4 is 14.8 Å². The van der Waals surface area contributed by atoms with Crippen molar-refractivity contribution in [3.05, 3.63) is 59.2 Å². The van der Waals surface area contributed by atoms with Gasteiger partial charge in [-0.2, -0.15) is 0 Å². The van der Waals surface area contributed by atoms with Crippen LogP contribution in [0.5, 0.6) is 11.5 Å². The maximum absolute atomic E-state index is 12.4. The fraction of sp³-hybridized carbons (Fsp3) is 0.316. The summed E-state index contributed by atoms with van der Waals surface area (Å²) in [7, 11) is 4.86. The van der Waals surface area contributed by atoms with Gasteiger partial charge in [-0.1, -0.05) is 12.1 Å². The lowest BCUT2D eigenvalue weighted by Gasteiger charge is -2.18. The van der Waals surface area contributed by atoms with Gasteiger partial charge in [-0.25, -0.2) is 0 Å². The average Bonchev–Trinajstić information content (AvgIpc) is 2.61. The average molecular weight is 329 g/mol. The molecule has 0 bridgehead atoms. The van der Waals surface area contributed by atoms with Crippen molar-refractivity contribution in [2.24, 2.45) is 0 Å². The smallest absolute Gasteiger partial charge is 0.251 e. The number of methoxy groups -OCH3 is 3. The van der Waals surface area contributed by atoms with Crippen molar-refractivity contribution in [3.63, 3.8) is 0 Å². The molecule has 0 radical (unpaired) electrons. The Hall–Kier alpha value is -2.53. The van der Waals surface area contributed by atoms with E-state index in [1.165, 1.54) is 0 Å². The van der Waals surface area contributed by atoms with Crippen LogP contribution in [0.3, 0.4) is 0 Å². The van der Waals surface area contributed by atoms with Crippen LogP contribution in [0.25, 0.3) is 0 Å². The minimum Gasteiger partial charge on any atom is -0.497 e. The molecule has 0 unspecified atom stereocenters. The van der Waals surface area contributed by atoms with E-state index in [4.69, 9.17) is 14.2 Å². The number of rotatable bonds is 7. The van der Waals surface area contributed by atoms with E-state index in [9.17, 15) is 4.79 Å². The maximum atomic E-state index is 12.4. The van der Waals surface area contributed by atoms with Crippen molar-refractivity contribution >= 4 is 5.91 Å². The van der Waals surface area contributed by atoms with E-state index in [1.807, 2.05) is 37.3 Å². The zero-order valence-corrected chi connectivity index (χ0v) is 14.5. The molecule has 5 nitrogen and oxygen atoms in total. The second-order valence-electron chi connectivity index (χ2n) is 5.43. The van der Waals surface area contributed by atoms with E-state index in [2.05, 4.69) is 5.32 Å². The molecular weight excluding hydrogens is 306 g/mol. The number of nitrogens with one attached hydrogen (secondary N) is 1. The molecule has 1 atom stereocenters. The molecule has 1 N–H and O–H groups in total. The summed E-state index contributed by atoms with van der Waals surface area (Å²) >= 11 is 0. The first kappa shape index (κ1) is 17.8. The lowest BCUT2D eigenvalue weighted by Crippen LogP contribution is -2.27. The maximum Gasteiger partial charge on any atom is 0.251 e. The topological polar surface area (TPSA) is 56.8 Å². The van der Waals surface area contributed by atoms with Gasteiger partial charge in [0.2, 0.25) is 0 Å². The van der Waals surface area contributed by atoms with E-state index in [0.29, 0.717) is 17.9 Å². The van der Waals surface area contributed by atoms with Gasteiger partial charge in [0.05, 0.1) is 26.9 Å². The van der Waals surface area contributed by atoms with E-state index in [1.54, 1.807) is 33.5 Å². The Kier molecular flexibility index (Phi) is 6.21. The summed E-state index contributed by atoms with van der Waals surface area (Å²) in [6, 6.07) is 12.7. The van der Waals surface area contributed by atoms with Crippen LogP contribution in [0.15, 0.2) is 42.5 Å². The number of amides is 1. The van der Waals surface area contributed by atoms with Crippen LogP contribution in [0.2, 0.25) is 0 Å². The van der Waals surface area contributed by atoms with Crippen molar-refractivity contribution < 1.29 is 19.0 Å². The van der Waals surface area contributed by atoms with Gasteiger partial charge >= 0.3 is 0 Å². The Morgan fingerprint density at radius 2 is 1.75 bits per heavy atom. The molecule has 2 aromatic carbocycles. The van der Waals surface area contributed by atoms with Gasteiger partial charge in [-0.15, -0.1) is 0 Å². The summed E-state index contributed by atoms with van der Waals surface area (Å²) in [4.78, 5) is 12.4. The lowest BCUT2D eigenvalue weighted by molar-refractivity contribution is 0.0939. The molecule has 2 aromatic rings. The standard InChI is InChI=1S/C19H23NO4/c1-13(17-11-16(23-3)9-10-18(17)24-4)20-19(21)15-7-5-14(6-8-15)12-22-2/h5-11,13H,12H2,1-4H3,(H,20,21)/t13-/m0/s1. The minimum absolute atomic E-state index is 0.142. The fourth-order valence-electron chi connectivity index (χ4n) is 2.45. The van der Waals surface area contributed by atoms with Crippen LogP contribution in [0.4, 0.5) is 0 Å². The molecule has 0 spiro atoms. The largest absolute Gasteiger partial charge is 0.497 e. The third-order valence-corrected chi connectivity index (χ3v) is 3.78. The van der Waals surface area contributed by atoms with Crippen LogP contribution in [-0.4, -0.2) is 27.2 Å². The summed E-state index contributed by atoms with van der Waals surface area (Å²) in [5, 5.41) is 2.98. The summed E-state index contributed by atoms with van der Waals surface area (Å²) < 4.78 is 15.7. The van der Waals surface area contributed by atoms with E-state index < -0.39 is 0 Å². The molecule has 0 aliphatic heterocycles. The Bertz CT molecular complexity index is 682. The van der Waals surface area contributed by atoms with Gasteiger partial charge in [0.1, 0.15) is 11.5 Å². The molecule has 0 aliphatic rings. The van der Waals surface area contributed by atoms with Crippen LogP contribution in [0.1, 0.15) is 34.5 Å². The number of ether oxygens (including phenoxy) is 3. The SMILES string of the molecule is COCc1ccc(C(=O)N[C@@H](C)c2cc(OC)ccc2OC)cc1. The monoisotopic (exact) mass is 329 g/mol. The quantitative estimate of drug-likeness (QED) is 0.846. The molecule has 0 aromatic heterocycles. The molecule has 5 heteroatoms. The van der Waals surface area contributed by atoms with Crippen molar-refractivity contribution in [1.29, 1.82) is 0 Å². The van der Waals surface area contributed by atoms with E-state index in [-0.39, 0.29) is 11.9 Å². The predicted octanol–water partition coefficient (Wildman–Crippen LogP) is 3.34. The normalized spacial score (nSPS) is 11.7. The first-order valence-corrected chi connectivity index (χ1v) is 7.69. The summed E-state index contributed by atoms with van der Waals surface area (Å²) in [5.74, 6) is 1.28. The van der Waals surface area contributed by atoms with Crippen molar-refractivity contribution in [1.82, 2.24) is 5.32 Å². The molecule has 0 heterocycles. The van der Waals surface area contributed by atoms with Gasteiger partial charge in [0, 0.05) is 18.2 Å². The Morgan fingerprint density at radius 1 is 1.04 bits per heavy atom. The van der Waals surface area contributed by atoms with E-state index >= 15 is 0 Å².